The molecule has 0 saturated carbocycles. The van der Waals surface area contributed by atoms with E-state index in [2.05, 4.69) is 6.58 Å². The Bertz CT molecular complexity index is 324. The van der Waals surface area contributed by atoms with E-state index in [1.807, 2.05) is 24.3 Å². The molecule has 0 saturated heterocycles. The molecule has 0 radical (unpaired) electrons. The highest BCUT2D eigenvalue weighted by molar-refractivity contribution is 5.29. The van der Waals surface area contributed by atoms with Gasteiger partial charge >= 0.3 is 0 Å². The quantitative estimate of drug-likeness (QED) is 0.750. The highest BCUT2D eigenvalue weighted by atomic mass is 16.5. The van der Waals surface area contributed by atoms with Gasteiger partial charge in [-0.15, -0.1) is 0 Å². The maximum absolute atomic E-state index is 9.68. The van der Waals surface area contributed by atoms with Crippen LogP contribution in [0, 0.1) is 0 Å². The molecule has 1 aromatic rings. The minimum absolute atomic E-state index is 0.506. The van der Waals surface area contributed by atoms with Gasteiger partial charge in [-0.05, 0) is 31.5 Å². The highest BCUT2D eigenvalue weighted by Gasteiger charge is 2.13. The minimum atomic E-state index is -0.683. The molecule has 1 rings (SSSR count). The van der Waals surface area contributed by atoms with Crippen molar-refractivity contribution in [1.82, 2.24) is 0 Å². The van der Waals surface area contributed by atoms with Crippen molar-refractivity contribution in [2.45, 2.75) is 25.9 Å². The molecule has 0 atom stereocenters. The van der Waals surface area contributed by atoms with Crippen LogP contribution in [0.2, 0.25) is 0 Å². The first-order valence-corrected chi connectivity index (χ1v) is 5.06. The van der Waals surface area contributed by atoms with E-state index in [9.17, 15) is 5.11 Å². The SMILES string of the molecule is C=CCOc1cccc(CC(C)(C)O)c1. The first kappa shape index (κ1) is 11.8. The summed E-state index contributed by atoms with van der Waals surface area (Å²) in [6, 6.07) is 7.76. The van der Waals surface area contributed by atoms with Crippen LogP contribution in [0.4, 0.5) is 0 Å². The van der Waals surface area contributed by atoms with Crippen LogP contribution in [0.3, 0.4) is 0 Å². The molecule has 0 amide bonds. The third-order valence-electron chi connectivity index (χ3n) is 1.90. The van der Waals surface area contributed by atoms with Gasteiger partial charge in [0.2, 0.25) is 0 Å². The van der Waals surface area contributed by atoms with Crippen LogP contribution in [-0.2, 0) is 6.42 Å². The number of hydrogen-bond acceptors (Lipinski definition) is 2. The average molecular weight is 206 g/mol. The number of rotatable bonds is 5. The molecule has 0 bridgehead atoms. The predicted octanol–water partition coefficient (Wildman–Crippen LogP) is 2.56. The van der Waals surface area contributed by atoms with Crippen LogP contribution in [0.25, 0.3) is 0 Å². The van der Waals surface area contributed by atoms with Crippen molar-refractivity contribution in [3.05, 3.63) is 42.5 Å². The molecule has 2 nitrogen and oxygen atoms in total. The Morgan fingerprint density at radius 1 is 1.47 bits per heavy atom. The van der Waals surface area contributed by atoms with Crippen LogP contribution in [0.5, 0.6) is 5.75 Å². The number of benzene rings is 1. The molecule has 1 N–H and O–H groups in total. The van der Waals surface area contributed by atoms with Crippen molar-refractivity contribution >= 4 is 0 Å². The van der Waals surface area contributed by atoms with E-state index in [4.69, 9.17) is 4.74 Å². The van der Waals surface area contributed by atoms with E-state index in [1.54, 1.807) is 19.9 Å². The predicted molar refractivity (Wildman–Crippen MR) is 62.1 cm³/mol. The second-order valence-corrected chi connectivity index (χ2v) is 4.24. The Balaban J connectivity index is 2.69. The van der Waals surface area contributed by atoms with Crippen molar-refractivity contribution in [3.63, 3.8) is 0 Å². The zero-order chi connectivity index (χ0) is 11.3. The Hall–Kier alpha value is -1.28. The molecule has 0 aliphatic heterocycles. The van der Waals surface area contributed by atoms with Crippen LogP contribution < -0.4 is 4.74 Å². The summed E-state index contributed by atoms with van der Waals surface area (Å²) in [5.41, 5.74) is 0.390. The van der Waals surface area contributed by atoms with Crippen LogP contribution in [0.1, 0.15) is 19.4 Å². The van der Waals surface area contributed by atoms with Gasteiger partial charge in [0.05, 0.1) is 5.60 Å². The maximum Gasteiger partial charge on any atom is 0.120 e. The largest absolute Gasteiger partial charge is 0.490 e. The summed E-state index contributed by atoms with van der Waals surface area (Å²) in [5.74, 6) is 0.816. The number of ether oxygens (including phenoxy) is 1. The molecular formula is C13H18O2. The van der Waals surface area contributed by atoms with Gasteiger partial charge in [-0.3, -0.25) is 0 Å². The van der Waals surface area contributed by atoms with E-state index < -0.39 is 5.60 Å². The van der Waals surface area contributed by atoms with E-state index in [0.717, 1.165) is 11.3 Å². The molecule has 0 spiro atoms. The Morgan fingerprint density at radius 3 is 2.80 bits per heavy atom. The molecule has 0 aliphatic rings. The average Bonchev–Trinajstić information content (AvgIpc) is 2.12. The fraction of sp³-hybridized carbons (Fsp3) is 0.385. The molecule has 0 unspecified atom stereocenters. The third-order valence-corrected chi connectivity index (χ3v) is 1.90. The second kappa shape index (κ2) is 4.99. The van der Waals surface area contributed by atoms with Gasteiger partial charge in [0, 0.05) is 6.42 Å². The molecule has 0 heterocycles. The van der Waals surface area contributed by atoms with E-state index in [-0.39, 0.29) is 0 Å². The lowest BCUT2D eigenvalue weighted by molar-refractivity contribution is 0.0809. The van der Waals surface area contributed by atoms with Gasteiger partial charge in [0.15, 0.2) is 0 Å². The van der Waals surface area contributed by atoms with Crippen LogP contribution >= 0.6 is 0 Å². The standard InChI is InChI=1S/C13H18O2/c1-4-8-15-12-7-5-6-11(9-12)10-13(2,3)14/h4-7,9,14H,1,8,10H2,2-3H3. The zero-order valence-corrected chi connectivity index (χ0v) is 9.36. The van der Waals surface area contributed by atoms with Gasteiger partial charge in [-0.25, -0.2) is 0 Å². The van der Waals surface area contributed by atoms with E-state index in [1.165, 1.54) is 0 Å². The van der Waals surface area contributed by atoms with Crippen LogP contribution in [0.15, 0.2) is 36.9 Å². The topological polar surface area (TPSA) is 29.5 Å². The molecule has 0 aliphatic carbocycles. The van der Waals surface area contributed by atoms with E-state index in [0.29, 0.717) is 13.0 Å². The Morgan fingerprint density at radius 2 is 2.20 bits per heavy atom. The van der Waals surface area contributed by atoms with Gasteiger partial charge in [-0.1, -0.05) is 24.8 Å². The lowest BCUT2D eigenvalue weighted by atomic mass is 9.99. The summed E-state index contributed by atoms with van der Waals surface area (Å²) in [4.78, 5) is 0. The summed E-state index contributed by atoms with van der Waals surface area (Å²) in [6.45, 7) is 7.69. The summed E-state index contributed by atoms with van der Waals surface area (Å²) >= 11 is 0. The molecule has 2 heteroatoms. The zero-order valence-electron chi connectivity index (χ0n) is 9.36. The summed E-state index contributed by atoms with van der Waals surface area (Å²) in [6.07, 6.45) is 2.33. The minimum Gasteiger partial charge on any atom is -0.490 e. The molecular weight excluding hydrogens is 188 g/mol. The molecule has 1 aromatic carbocycles. The van der Waals surface area contributed by atoms with Crippen molar-refractivity contribution in [3.8, 4) is 5.75 Å². The van der Waals surface area contributed by atoms with E-state index >= 15 is 0 Å². The Labute approximate surface area is 91.2 Å². The normalized spacial score (nSPS) is 11.1. The maximum atomic E-state index is 9.68. The molecule has 15 heavy (non-hydrogen) atoms. The lowest BCUT2D eigenvalue weighted by Crippen LogP contribution is -2.21. The van der Waals surface area contributed by atoms with Gasteiger partial charge in [0.1, 0.15) is 12.4 Å². The van der Waals surface area contributed by atoms with Crippen molar-refractivity contribution < 1.29 is 9.84 Å². The third kappa shape index (κ3) is 4.66. The fourth-order valence-corrected chi connectivity index (χ4v) is 1.40. The van der Waals surface area contributed by atoms with Crippen molar-refractivity contribution in [2.24, 2.45) is 0 Å². The first-order valence-electron chi connectivity index (χ1n) is 5.06. The lowest BCUT2D eigenvalue weighted by Gasteiger charge is -2.17. The monoisotopic (exact) mass is 206 g/mol. The summed E-state index contributed by atoms with van der Waals surface area (Å²) < 4.78 is 5.41. The van der Waals surface area contributed by atoms with Gasteiger partial charge in [0.25, 0.3) is 0 Å². The van der Waals surface area contributed by atoms with Crippen molar-refractivity contribution in [1.29, 1.82) is 0 Å². The first-order chi connectivity index (χ1) is 7.01. The van der Waals surface area contributed by atoms with Crippen LogP contribution in [-0.4, -0.2) is 17.3 Å². The summed E-state index contributed by atoms with van der Waals surface area (Å²) in [5, 5.41) is 9.68. The molecule has 0 aromatic heterocycles. The Kier molecular flexibility index (Phi) is 3.92. The second-order valence-electron chi connectivity index (χ2n) is 4.24. The number of hydrogen-bond donors (Lipinski definition) is 1. The van der Waals surface area contributed by atoms with Gasteiger partial charge in [-0.2, -0.15) is 0 Å². The smallest absolute Gasteiger partial charge is 0.120 e. The molecule has 0 fully saturated rings. The van der Waals surface area contributed by atoms with Gasteiger partial charge < -0.3 is 9.84 Å². The number of aliphatic hydroxyl groups is 1. The highest BCUT2D eigenvalue weighted by Crippen LogP contribution is 2.18. The fourth-order valence-electron chi connectivity index (χ4n) is 1.40. The van der Waals surface area contributed by atoms with Crippen molar-refractivity contribution in [2.75, 3.05) is 6.61 Å². The summed E-state index contributed by atoms with van der Waals surface area (Å²) in [7, 11) is 0. The molecule has 82 valence electrons.